The van der Waals surface area contributed by atoms with E-state index in [1.807, 2.05) is 0 Å². The van der Waals surface area contributed by atoms with Crippen molar-refractivity contribution in [3.8, 4) is 0 Å². The first-order chi connectivity index (χ1) is 5.58. The lowest BCUT2D eigenvalue weighted by Gasteiger charge is -2.28. The Labute approximate surface area is 77.4 Å². The van der Waals surface area contributed by atoms with Crippen LogP contribution in [-0.2, 0) is 0 Å². The van der Waals surface area contributed by atoms with Gasteiger partial charge in [0.05, 0.1) is 0 Å². The largest absolute Gasteiger partial charge is 0.103 e. The van der Waals surface area contributed by atoms with Crippen LogP contribution in [-0.4, -0.2) is 0 Å². The van der Waals surface area contributed by atoms with Crippen molar-refractivity contribution in [3.63, 3.8) is 0 Å². The van der Waals surface area contributed by atoms with Crippen LogP contribution in [0, 0.1) is 11.3 Å². The van der Waals surface area contributed by atoms with Crippen molar-refractivity contribution in [1.82, 2.24) is 0 Å². The van der Waals surface area contributed by atoms with Crippen molar-refractivity contribution < 1.29 is 0 Å². The van der Waals surface area contributed by atoms with Gasteiger partial charge in [-0.05, 0) is 24.7 Å². The lowest BCUT2D eigenvalue weighted by atomic mass is 9.76. The molecule has 0 amide bonds. The molecule has 12 heavy (non-hydrogen) atoms. The van der Waals surface area contributed by atoms with Gasteiger partial charge in [-0.15, -0.1) is 6.58 Å². The van der Waals surface area contributed by atoms with E-state index in [9.17, 15) is 0 Å². The van der Waals surface area contributed by atoms with Crippen molar-refractivity contribution in [2.24, 2.45) is 11.3 Å². The second-order valence-corrected chi connectivity index (χ2v) is 3.95. The minimum Gasteiger partial charge on any atom is -0.103 e. The highest BCUT2D eigenvalue weighted by atomic mass is 14.3. The zero-order valence-electron chi connectivity index (χ0n) is 8.93. The molecule has 70 valence electrons. The van der Waals surface area contributed by atoms with E-state index >= 15 is 0 Å². The average molecular weight is 166 g/mol. The Bertz CT molecular complexity index is 151. The van der Waals surface area contributed by atoms with Crippen LogP contribution >= 0.6 is 0 Å². The van der Waals surface area contributed by atoms with E-state index < -0.39 is 0 Å². The zero-order chi connectivity index (χ0) is 9.61. The monoisotopic (exact) mass is 166 g/mol. The Morgan fingerprint density at radius 1 is 1.42 bits per heavy atom. The van der Waals surface area contributed by atoms with E-state index in [0.29, 0.717) is 5.92 Å². The summed E-state index contributed by atoms with van der Waals surface area (Å²) in [5.74, 6) is 0.610. The molecular weight excluding hydrogens is 144 g/mol. The number of hydrogen-bond acceptors (Lipinski definition) is 0. The van der Waals surface area contributed by atoms with Crippen LogP contribution in [0.2, 0.25) is 0 Å². The summed E-state index contributed by atoms with van der Waals surface area (Å²) in [7, 11) is 0. The molecule has 0 saturated heterocycles. The highest BCUT2D eigenvalue weighted by Crippen LogP contribution is 2.32. The third kappa shape index (κ3) is 3.25. The van der Waals surface area contributed by atoms with E-state index in [2.05, 4.69) is 52.5 Å². The summed E-state index contributed by atoms with van der Waals surface area (Å²) in [6, 6.07) is 0. The first-order valence-electron chi connectivity index (χ1n) is 4.84. The molecule has 0 aliphatic carbocycles. The standard InChI is InChI=1S/C12H22/c1-6-9-11(8-3)12(4,5)10-7-2/h7-8,10-11H,3,6,9H2,1-2,4-5H3. The topological polar surface area (TPSA) is 0 Å². The Morgan fingerprint density at radius 2 is 2.00 bits per heavy atom. The lowest BCUT2D eigenvalue weighted by Crippen LogP contribution is -2.19. The highest BCUT2D eigenvalue weighted by Gasteiger charge is 2.22. The molecule has 0 aliphatic heterocycles. The maximum atomic E-state index is 3.89. The summed E-state index contributed by atoms with van der Waals surface area (Å²) in [6.07, 6.45) is 8.96. The molecule has 0 aliphatic rings. The van der Waals surface area contributed by atoms with Gasteiger partial charge < -0.3 is 0 Å². The van der Waals surface area contributed by atoms with Crippen molar-refractivity contribution in [2.75, 3.05) is 0 Å². The quantitative estimate of drug-likeness (QED) is 0.537. The molecular formula is C12H22. The van der Waals surface area contributed by atoms with Crippen molar-refractivity contribution in [2.45, 2.75) is 40.5 Å². The molecule has 0 radical (unpaired) electrons. The van der Waals surface area contributed by atoms with E-state index in [1.54, 1.807) is 0 Å². The van der Waals surface area contributed by atoms with Gasteiger partial charge in [-0.1, -0.05) is 45.4 Å². The van der Waals surface area contributed by atoms with Crippen LogP contribution in [0.5, 0.6) is 0 Å². The first-order valence-corrected chi connectivity index (χ1v) is 4.84. The van der Waals surface area contributed by atoms with E-state index in [0.717, 1.165) is 0 Å². The fraction of sp³-hybridized carbons (Fsp3) is 0.667. The van der Waals surface area contributed by atoms with Crippen LogP contribution in [0.15, 0.2) is 24.8 Å². The summed E-state index contributed by atoms with van der Waals surface area (Å²) in [4.78, 5) is 0. The maximum Gasteiger partial charge on any atom is -0.0112 e. The smallest absolute Gasteiger partial charge is 0.0112 e. The summed E-state index contributed by atoms with van der Waals surface area (Å²) >= 11 is 0. The maximum absolute atomic E-state index is 3.89. The second kappa shape index (κ2) is 5.18. The number of hydrogen-bond donors (Lipinski definition) is 0. The van der Waals surface area contributed by atoms with Crippen LogP contribution in [0.25, 0.3) is 0 Å². The average Bonchev–Trinajstić information content (AvgIpc) is 1.99. The van der Waals surface area contributed by atoms with Gasteiger partial charge in [0.15, 0.2) is 0 Å². The van der Waals surface area contributed by atoms with Crippen molar-refractivity contribution in [1.29, 1.82) is 0 Å². The predicted octanol–water partition coefficient (Wildman–Crippen LogP) is 4.19. The zero-order valence-corrected chi connectivity index (χ0v) is 8.93. The van der Waals surface area contributed by atoms with Crippen LogP contribution in [0.1, 0.15) is 40.5 Å². The third-order valence-electron chi connectivity index (χ3n) is 2.44. The summed E-state index contributed by atoms with van der Waals surface area (Å²) in [5.41, 5.74) is 0.270. The van der Waals surface area contributed by atoms with E-state index in [1.165, 1.54) is 12.8 Å². The Hall–Kier alpha value is -0.520. The molecule has 0 heteroatoms. The molecule has 0 saturated carbocycles. The SMILES string of the molecule is C=CC(CCC)C(C)(C)C=CC. The van der Waals surface area contributed by atoms with Crippen molar-refractivity contribution >= 4 is 0 Å². The van der Waals surface area contributed by atoms with Crippen LogP contribution in [0.4, 0.5) is 0 Å². The minimum absolute atomic E-state index is 0.270. The Morgan fingerprint density at radius 3 is 2.33 bits per heavy atom. The number of allylic oxidation sites excluding steroid dienone is 3. The summed E-state index contributed by atoms with van der Waals surface area (Å²) in [6.45, 7) is 12.7. The third-order valence-corrected chi connectivity index (χ3v) is 2.44. The number of rotatable bonds is 5. The van der Waals surface area contributed by atoms with Crippen LogP contribution < -0.4 is 0 Å². The van der Waals surface area contributed by atoms with Gasteiger partial charge >= 0.3 is 0 Å². The van der Waals surface area contributed by atoms with Gasteiger partial charge in [0.25, 0.3) is 0 Å². The van der Waals surface area contributed by atoms with Gasteiger partial charge in [0.1, 0.15) is 0 Å². The molecule has 0 N–H and O–H groups in total. The van der Waals surface area contributed by atoms with Gasteiger partial charge in [0, 0.05) is 0 Å². The molecule has 0 aromatic rings. The fourth-order valence-electron chi connectivity index (χ4n) is 1.66. The Balaban J connectivity index is 4.35. The first kappa shape index (κ1) is 11.5. The van der Waals surface area contributed by atoms with Gasteiger partial charge in [-0.2, -0.15) is 0 Å². The molecule has 0 bridgehead atoms. The van der Waals surface area contributed by atoms with Gasteiger partial charge in [0.2, 0.25) is 0 Å². The molecule has 0 fully saturated rings. The summed E-state index contributed by atoms with van der Waals surface area (Å²) in [5, 5.41) is 0. The normalized spacial score (nSPS) is 15.0. The second-order valence-electron chi connectivity index (χ2n) is 3.95. The molecule has 0 spiro atoms. The Kier molecular flexibility index (Phi) is 4.96. The van der Waals surface area contributed by atoms with Gasteiger partial charge in [-0.3, -0.25) is 0 Å². The molecule has 0 nitrogen and oxygen atoms in total. The molecule has 0 aromatic heterocycles. The van der Waals surface area contributed by atoms with Gasteiger partial charge in [-0.25, -0.2) is 0 Å². The summed E-state index contributed by atoms with van der Waals surface area (Å²) < 4.78 is 0. The molecule has 0 heterocycles. The minimum atomic E-state index is 0.270. The predicted molar refractivity (Wildman–Crippen MR) is 57.2 cm³/mol. The fourth-order valence-corrected chi connectivity index (χ4v) is 1.66. The van der Waals surface area contributed by atoms with Crippen LogP contribution in [0.3, 0.4) is 0 Å². The molecule has 0 aromatic carbocycles. The highest BCUT2D eigenvalue weighted by molar-refractivity contribution is 5.02. The van der Waals surface area contributed by atoms with E-state index in [-0.39, 0.29) is 5.41 Å². The lowest BCUT2D eigenvalue weighted by molar-refractivity contribution is 0.322. The molecule has 1 unspecified atom stereocenters. The molecule has 0 rings (SSSR count). The van der Waals surface area contributed by atoms with E-state index in [4.69, 9.17) is 0 Å². The molecule has 1 atom stereocenters. The van der Waals surface area contributed by atoms with Crippen molar-refractivity contribution in [3.05, 3.63) is 24.8 Å².